The van der Waals surface area contributed by atoms with Gasteiger partial charge in [-0.3, -0.25) is 10.3 Å². The summed E-state index contributed by atoms with van der Waals surface area (Å²) in [4.78, 5) is 10.7. The van der Waals surface area contributed by atoms with E-state index in [4.69, 9.17) is 10.1 Å². The number of benzene rings is 1. The average Bonchev–Trinajstić information content (AvgIpc) is 2.65. The van der Waals surface area contributed by atoms with Crippen molar-refractivity contribution in [2.75, 3.05) is 16.8 Å². The second-order valence-electron chi connectivity index (χ2n) is 5.90. The van der Waals surface area contributed by atoms with E-state index in [0.29, 0.717) is 18.4 Å². The lowest BCUT2D eigenvalue weighted by atomic mass is 10.0. The normalized spacial score (nSPS) is 16.2. The second-order valence-corrected chi connectivity index (χ2v) is 5.90. The quantitative estimate of drug-likeness (QED) is 0.614. The first-order valence-corrected chi connectivity index (χ1v) is 8.50. The van der Waals surface area contributed by atoms with Crippen molar-refractivity contribution in [1.29, 1.82) is 5.41 Å². The first-order valence-electron chi connectivity index (χ1n) is 8.50. The minimum atomic E-state index is 0.111. The molecule has 0 saturated heterocycles. The van der Waals surface area contributed by atoms with E-state index < -0.39 is 0 Å². The molecule has 0 amide bonds. The molecule has 2 heterocycles. The maximum Gasteiger partial charge on any atom is 0.225 e. The van der Waals surface area contributed by atoms with E-state index in [9.17, 15) is 0 Å². The van der Waals surface area contributed by atoms with Gasteiger partial charge in [-0.25, -0.2) is 4.98 Å². The number of nitrogens with one attached hydrogen (secondary N) is 2. The lowest BCUT2D eigenvalue weighted by Crippen LogP contribution is -2.22. The zero-order chi connectivity index (χ0) is 17.6. The minimum absolute atomic E-state index is 0.111. The van der Waals surface area contributed by atoms with E-state index in [2.05, 4.69) is 28.3 Å². The van der Waals surface area contributed by atoms with Crippen LogP contribution in [0.1, 0.15) is 36.9 Å². The first-order chi connectivity index (χ1) is 12.2. The molecule has 1 aromatic heterocycles. The lowest BCUT2D eigenvalue weighted by Gasteiger charge is -2.27. The van der Waals surface area contributed by atoms with Gasteiger partial charge in [-0.1, -0.05) is 31.2 Å². The standard InChI is InChI=1S/C19H23N5O/c1-3-4-10-24(13-20)18-14(2)12-21-19(23-18)22-16-9-11-25-17-8-6-5-7-15(16)17/h4-8,10,12-13,16,20H,3,9,11H2,1-2H3,(H,21,22,23)/b10-4+,20-13?. The molecule has 0 bridgehead atoms. The minimum Gasteiger partial charge on any atom is -0.493 e. The third kappa shape index (κ3) is 3.79. The van der Waals surface area contributed by atoms with Crippen LogP contribution < -0.4 is 15.0 Å². The molecule has 6 nitrogen and oxygen atoms in total. The Bertz CT molecular complexity index is 774. The van der Waals surface area contributed by atoms with E-state index in [1.165, 1.54) is 6.34 Å². The van der Waals surface area contributed by atoms with Gasteiger partial charge in [0.15, 0.2) is 0 Å². The van der Waals surface area contributed by atoms with Crippen molar-refractivity contribution < 1.29 is 4.74 Å². The highest BCUT2D eigenvalue weighted by Gasteiger charge is 2.22. The molecule has 25 heavy (non-hydrogen) atoms. The van der Waals surface area contributed by atoms with E-state index >= 15 is 0 Å². The Kier molecular flexibility index (Phi) is 5.28. The van der Waals surface area contributed by atoms with Crippen LogP contribution in [0.5, 0.6) is 5.75 Å². The maximum atomic E-state index is 7.64. The van der Waals surface area contributed by atoms with Gasteiger partial charge in [0.25, 0.3) is 0 Å². The first kappa shape index (κ1) is 17.0. The van der Waals surface area contributed by atoms with Crippen LogP contribution in [-0.2, 0) is 0 Å². The fourth-order valence-electron chi connectivity index (χ4n) is 2.81. The topological polar surface area (TPSA) is 74.1 Å². The van der Waals surface area contributed by atoms with Gasteiger partial charge in [0.05, 0.1) is 19.0 Å². The second kappa shape index (κ2) is 7.79. The number of fused-ring (bicyclic) bond motifs is 1. The summed E-state index contributed by atoms with van der Waals surface area (Å²) in [5.74, 6) is 2.17. The van der Waals surface area contributed by atoms with Crippen molar-refractivity contribution in [2.45, 2.75) is 32.7 Å². The van der Waals surface area contributed by atoms with Gasteiger partial charge in [-0.2, -0.15) is 4.98 Å². The number of hydrogen-bond donors (Lipinski definition) is 2. The summed E-state index contributed by atoms with van der Waals surface area (Å²) in [5.41, 5.74) is 2.04. The average molecular weight is 337 g/mol. The van der Waals surface area contributed by atoms with Crippen molar-refractivity contribution in [3.8, 4) is 5.75 Å². The third-order valence-electron chi connectivity index (χ3n) is 4.09. The Balaban J connectivity index is 1.86. The largest absolute Gasteiger partial charge is 0.493 e. The highest BCUT2D eigenvalue weighted by Crippen LogP contribution is 2.33. The number of nitrogens with zero attached hydrogens (tertiary/aromatic N) is 3. The Morgan fingerprint density at radius 2 is 2.24 bits per heavy atom. The van der Waals surface area contributed by atoms with E-state index in [-0.39, 0.29) is 6.04 Å². The SMILES string of the molecule is CC/C=C/N(C=N)c1nc(NC2CCOc3ccccc32)ncc1C. The predicted octanol–water partition coefficient (Wildman–Crippen LogP) is 4.06. The molecule has 1 aliphatic heterocycles. The zero-order valence-electron chi connectivity index (χ0n) is 14.6. The zero-order valence-corrected chi connectivity index (χ0v) is 14.6. The summed E-state index contributed by atoms with van der Waals surface area (Å²) in [7, 11) is 0. The molecular weight excluding hydrogens is 314 g/mol. The maximum absolute atomic E-state index is 7.64. The summed E-state index contributed by atoms with van der Waals surface area (Å²) >= 11 is 0. The number of hydrogen-bond acceptors (Lipinski definition) is 5. The van der Waals surface area contributed by atoms with Crippen LogP contribution in [0.3, 0.4) is 0 Å². The summed E-state index contributed by atoms with van der Waals surface area (Å²) in [6.45, 7) is 4.67. The number of allylic oxidation sites excluding steroid dienone is 1. The van der Waals surface area contributed by atoms with Gasteiger partial charge in [0, 0.05) is 29.9 Å². The Labute approximate surface area is 148 Å². The van der Waals surface area contributed by atoms with E-state index in [1.807, 2.05) is 37.4 Å². The number of rotatable bonds is 6. The summed E-state index contributed by atoms with van der Waals surface area (Å²) < 4.78 is 5.71. The fraction of sp³-hybridized carbons (Fsp3) is 0.316. The van der Waals surface area contributed by atoms with Crippen molar-refractivity contribution in [2.24, 2.45) is 0 Å². The van der Waals surface area contributed by atoms with Gasteiger partial charge in [-0.05, 0) is 19.4 Å². The molecule has 1 aliphatic rings. The monoisotopic (exact) mass is 337 g/mol. The molecule has 2 aromatic rings. The van der Waals surface area contributed by atoms with Crippen LogP contribution in [0, 0.1) is 12.3 Å². The molecule has 6 heteroatoms. The number of ether oxygens (including phenoxy) is 1. The van der Waals surface area contributed by atoms with Crippen molar-refractivity contribution in [3.63, 3.8) is 0 Å². The van der Waals surface area contributed by atoms with Crippen molar-refractivity contribution in [1.82, 2.24) is 9.97 Å². The number of aromatic nitrogens is 2. The molecular formula is C19H23N5O. The number of para-hydroxylation sites is 1. The van der Waals surface area contributed by atoms with E-state index in [0.717, 1.165) is 29.7 Å². The molecule has 130 valence electrons. The predicted molar refractivity (Wildman–Crippen MR) is 100 cm³/mol. The molecule has 1 aromatic carbocycles. The Morgan fingerprint density at radius 3 is 3.04 bits per heavy atom. The van der Waals surface area contributed by atoms with Crippen LogP contribution in [0.2, 0.25) is 0 Å². The van der Waals surface area contributed by atoms with Crippen LogP contribution in [-0.4, -0.2) is 22.9 Å². The van der Waals surface area contributed by atoms with Gasteiger partial charge < -0.3 is 10.1 Å². The highest BCUT2D eigenvalue weighted by atomic mass is 16.5. The third-order valence-corrected chi connectivity index (χ3v) is 4.09. The number of aryl methyl sites for hydroxylation is 1. The fourth-order valence-corrected chi connectivity index (χ4v) is 2.81. The molecule has 1 unspecified atom stereocenters. The van der Waals surface area contributed by atoms with Gasteiger partial charge in [-0.15, -0.1) is 0 Å². The van der Waals surface area contributed by atoms with Crippen LogP contribution >= 0.6 is 0 Å². The molecule has 3 rings (SSSR count). The molecule has 1 atom stereocenters. The van der Waals surface area contributed by atoms with E-state index in [1.54, 1.807) is 11.1 Å². The molecule has 0 fully saturated rings. The van der Waals surface area contributed by atoms with Crippen LogP contribution in [0.4, 0.5) is 11.8 Å². The lowest BCUT2D eigenvalue weighted by molar-refractivity contribution is 0.274. The van der Waals surface area contributed by atoms with Crippen molar-refractivity contribution in [3.05, 3.63) is 53.9 Å². The molecule has 0 radical (unpaired) electrons. The smallest absolute Gasteiger partial charge is 0.225 e. The summed E-state index contributed by atoms with van der Waals surface area (Å²) in [5, 5.41) is 11.1. The van der Waals surface area contributed by atoms with Gasteiger partial charge in [0.1, 0.15) is 11.6 Å². The van der Waals surface area contributed by atoms with Gasteiger partial charge >= 0.3 is 0 Å². The Morgan fingerprint density at radius 1 is 1.40 bits per heavy atom. The Hall–Kier alpha value is -2.89. The highest BCUT2D eigenvalue weighted by molar-refractivity contribution is 5.79. The van der Waals surface area contributed by atoms with Crippen molar-refractivity contribution >= 4 is 18.1 Å². The van der Waals surface area contributed by atoms with Gasteiger partial charge in [0.2, 0.25) is 5.95 Å². The number of anilines is 2. The molecule has 0 saturated carbocycles. The molecule has 2 N–H and O–H groups in total. The van der Waals surface area contributed by atoms with Crippen LogP contribution in [0.25, 0.3) is 0 Å². The van der Waals surface area contributed by atoms with Crippen LogP contribution in [0.15, 0.2) is 42.7 Å². The molecule has 0 aliphatic carbocycles. The summed E-state index contributed by atoms with van der Waals surface area (Å²) in [6, 6.07) is 8.14. The summed E-state index contributed by atoms with van der Waals surface area (Å²) in [6.07, 6.45) is 8.65. The molecule has 0 spiro atoms.